The molecule has 0 radical (unpaired) electrons. The molecule has 0 unspecified atom stereocenters. The van der Waals surface area contributed by atoms with Gasteiger partial charge in [-0.25, -0.2) is 0 Å². The molecule has 0 amide bonds. The van der Waals surface area contributed by atoms with E-state index in [0.717, 1.165) is 19.4 Å². The Labute approximate surface area is 247 Å². The molecule has 1 N–H and O–H groups in total. The summed E-state index contributed by atoms with van der Waals surface area (Å²) in [5, 5.41) is 8.72. The predicted molar refractivity (Wildman–Crippen MR) is 180 cm³/mol. The van der Waals surface area contributed by atoms with E-state index in [1.165, 1.54) is 77.3 Å². The van der Waals surface area contributed by atoms with Crippen LogP contribution in [-0.2, 0) is 6.42 Å². The van der Waals surface area contributed by atoms with Crippen molar-refractivity contribution >= 4 is 33.3 Å². The molecule has 6 aromatic rings. The summed E-state index contributed by atoms with van der Waals surface area (Å²) in [5.41, 5.74) is 13.0. The Morgan fingerprint density at radius 3 is 1.88 bits per heavy atom. The SMILES string of the molecule is C1=CCNC(c2ccc(-c3c4c(c(-c5ccc(-c6ccccc6)c6ccccc56)c5ccccc35)CCC=C4)cc2)=C1. The van der Waals surface area contributed by atoms with Gasteiger partial charge in [-0.05, 0) is 90.5 Å². The van der Waals surface area contributed by atoms with Crippen LogP contribution in [0.1, 0.15) is 23.1 Å². The van der Waals surface area contributed by atoms with Crippen LogP contribution in [0.4, 0.5) is 0 Å². The molecule has 1 heterocycles. The Morgan fingerprint density at radius 1 is 0.500 bits per heavy atom. The zero-order valence-electron chi connectivity index (χ0n) is 23.5. The summed E-state index contributed by atoms with van der Waals surface area (Å²) in [7, 11) is 0. The van der Waals surface area contributed by atoms with Gasteiger partial charge in [0, 0.05) is 12.2 Å². The third-order valence-corrected chi connectivity index (χ3v) is 8.78. The van der Waals surface area contributed by atoms with Crippen molar-refractivity contribution in [2.45, 2.75) is 12.8 Å². The average molecular weight is 538 g/mol. The molecular weight excluding hydrogens is 506 g/mol. The first kappa shape index (κ1) is 24.6. The number of rotatable bonds is 4. The summed E-state index contributed by atoms with van der Waals surface area (Å²) in [5.74, 6) is 0. The lowest BCUT2D eigenvalue weighted by Gasteiger charge is -2.25. The van der Waals surface area contributed by atoms with E-state index in [0.29, 0.717) is 0 Å². The van der Waals surface area contributed by atoms with E-state index in [1.54, 1.807) is 0 Å². The van der Waals surface area contributed by atoms with E-state index in [2.05, 4.69) is 151 Å². The molecule has 1 nitrogen and oxygen atoms in total. The highest BCUT2D eigenvalue weighted by Gasteiger charge is 2.23. The Kier molecular flexibility index (Phi) is 6.08. The van der Waals surface area contributed by atoms with Crippen molar-refractivity contribution in [3.8, 4) is 33.4 Å². The lowest BCUT2D eigenvalue weighted by Crippen LogP contribution is -2.14. The van der Waals surface area contributed by atoms with Crippen molar-refractivity contribution in [3.63, 3.8) is 0 Å². The normalized spacial score (nSPS) is 14.0. The minimum Gasteiger partial charge on any atom is -0.381 e. The maximum Gasteiger partial charge on any atom is 0.0416 e. The first-order valence-electron chi connectivity index (χ1n) is 14.9. The summed E-state index contributed by atoms with van der Waals surface area (Å²) in [4.78, 5) is 0. The zero-order chi connectivity index (χ0) is 27.9. The van der Waals surface area contributed by atoms with Gasteiger partial charge < -0.3 is 5.32 Å². The molecule has 1 aliphatic carbocycles. The maximum atomic E-state index is 3.49. The molecule has 2 aliphatic rings. The molecule has 0 saturated heterocycles. The van der Waals surface area contributed by atoms with Gasteiger partial charge >= 0.3 is 0 Å². The molecule has 0 aromatic heterocycles. The van der Waals surface area contributed by atoms with Crippen LogP contribution in [0.25, 0.3) is 66.7 Å². The van der Waals surface area contributed by atoms with Gasteiger partial charge in [0.25, 0.3) is 0 Å². The van der Waals surface area contributed by atoms with Gasteiger partial charge in [-0.15, -0.1) is 0 Å². The number of dihydropyridines is 1. The van der Waals surface area contributed by atoms with Gasteiger partial charge in [0.15, 0.2) is 0 Å². The molecule has 0 bridgehead atoms. The number of hydrogen-bond acceptors (Lipinski definition) is 1. The van der Waals surface area contributed by atoms with E-state index in [-0.39, 0.29) is 0 Å². The van der Waals surface area contributed by atoms with E-state index in [4.69, 9.17) is 0 Å². The van der Waals surface area contributed by atoms with Crippen molar-refractivity contribution in [3.05, 3.63) is 156 Å². The maximum absolute atomic E-state index is 3.49. The van der Waals surface area contributed by atoms with E-state index < -0.39 is 0 Å². The Bertz CT molecular complexity index is 2060. The Balaban J connectivity index is 1.38. The van der Waals surface area contributed by atoms with Crippen molar-refractivity contribution in [1.82, 2.24) is 5.32 Å². The summed E-state index contributed by atoms with van der Waals surface area (Å²) in [6.07, 6.45) is 13.2. The molecule has 200 valence electrons. The van der Waals surface area contributed by atoms with Crippen LogP contribution in [0.2, 0.25) is 0 Å². The van der Waals surface area contributed by atoms with Gasteiger partial charge in [0.1, 0.15) is 0 Å². The molecule has 42 heavy (non-hydrogen) atoms. The average Bonchev–Trinajstić information content (AvgIpc) is 3.08. The van der Waals surface area contributed by atoms with E-state index in [1.807, 2.05) is 0 Å². The quantitative estimate of drug-likeness (QED) is 0.236. The second-order valence-electron chi connectivity index (χ2n) is 11.2. The Hall–Kier alpha value is -5.14. The molecule has 0 spiro atoms. The largest absolute Gasteiger partial charge is 0.381 e. The van der Waals surface area contributed by atoms with Crippen molar-refractivity contribution in [2.24, 2.45) is 0 Å². The predicted octanol–water partition coefficient (Wildman–Crippen LogP) is 10.5. The van der Waals surface area contributed by atoms with Crippen molar-refractivity contribution in [1.29, 1.82) is 0 Å². The molecule has 8 rings (SSSR count). The second-order valence-corrected chi connectivity index (χ2v) is 11.2. The number of benzene rings is 6. The molecule has 0 atom stereocenters. The number of nitrogens with one attached hydrogen (secondary N) is 1. The van der Waals surface area contributed by atoms with Crippen molar-refractivity contribution < 1.29 is 0 Å². The number of hydrogen-bond donors (Lipinski definition) is 1. The first-order chi connectivity index (χ1) is 20.9. The van der Waals surface area contributed by atoms with Crippen LogP contribution in [0.15, 0.2) is 140 Å². The Morgan fingerprint density at radius 2 is 1.14 bits per heavy atom. The minimum atomic E-state index is 0.874. The van der Waals surface area contributed by atoms with Crippen LogP contribution in [0.3, 0.4) is 0 Å². The molecule has 1 heteroatoms. The fraction of sp³-hybridized carbons (Fsp3) is 0.0732. The van der Waals surface area contributed by atoms with Gasteiger partial charge in [0.05, 0.1) is 0 Å². The first-order valence-corrected chi connectivity index (χ1v) is 14.9. The van der Waals surface area contributed by atoms with Gasteiger partial charge in [-0.2, -0.15) is 0 Å². The van der Waals surface area contributed by atoms with Gasteiger partial charge in [-0.1, -0.05) is 140 Å². The summed E-state index contributed by atoms with van der Waals surface area (Å²) < 4.78 is 0. The van der Waals surface area contributed by atoms with Gasteiger partial charge in [0.2, 0.25) is 0 Å². The van der Waals surface area contributed by atoms with Crippen LogP contribution in [0.5, 0.6) is 0 Å². The second kappa shape index (κ2) is 10.4. The summed E-state index contributed by atoms with van der Waals surface area (Å²) in [6, 6.07) is 42.5. The van der Waals surface area contributed by atoms with E-state index in [9.17, 15) is 0 Å². The highest BCUT2D eigenvalue weighted by Crippen LogP contribution is 2.47. The lowest BCUT2D eigenvalue weighted by atomic mass is 9.79. The molecular formula is C41H31N. The van der Waals surface area contributed by atoms with Crippen molar-refractivity contribution in [2.75, 3.05) is 6.54 Å². The standard InChI is InChI=1S/C41H31N/c1-2-12-28(13-3-1)31-25-26-38(33-15-5-4-14-32(31)33)41-36-18-8-6-16-34(36)40(35-17-7-9-19-37(35)41)30-23-21-29(22-24-30)39-20-10-11-27-42-39/h1-8,10-18,20-26,42H,9,19,27H2. The van der Waals surface area contributed by atoms with Crippen LogP contribution >= 0.6 is 0 Å². The highest BCUT2D eigenvalue weighted by molar-refractivity contribution is 6.15. The summed E-state index contributed by atoms with van der Waals surface area (Å²) in [6.45, 7) is 0.874. The fourth-order valence-corrected chi connectivity index (χ4v) is 6.86. The minimum absolute atomic E-state index is 0.874. The molecule has 0 saturated carbocycles. The number of allylic oxidation sites excluding steroid dienone is 3. The fourth-order valence-electron chi connectivity index (χ4n) is 6.86. The number of fused-ring (bicyclic) bond motifs is 3. The van der Waals surface area contributed by atoms with Gasteiger partial charge in [-0.3, -0.25) is 0 Å². The smallest absolute Gasteiger partial charge is 0.0416 e. The highest BCUT2D eigenvalue weighted by atomic mass is 14.9. The van der Waals surface area contributed by atoms with Crippen LogP contribution in [-0.4, -0.2) is 6.54 Å². The third-order valence-electron chi connectivity index (χ3n) is 8.78. The van der Waals surface area contributed by atoms with Crippen LogP contribution in [0, 0.1) is 0 Å². The van der Waals surface area contributed by atoms with E-state index >= 15 is 0 Å². The molecule has 0 fully saturated rings. The molecule has 1 aliphatic heterocycles. The summed E-state index contributed by atoms with van der Waals surface area (Å²) >= 11 is 0. The zero-order valence-corrected chi connectivity index (χ0v) is 23.5. The lowest BCUT2D eigenvalue weighted by molar-refractivity contribution is 0.991. The monoisotopic (exact) mass is 537 g/mol. The third kappa shape index (κ3) is 4.09. The molecule has 6 aromatic carbocycles. The van der Waals surface area contributed by atoms with Crippen LogP contribution < -0.4 is 5.32 Å². The topological polar surface area (TPSA) is 12.0 Å².